The molecule has 8 rings (SSSR count). The Morgan fingerprint density at radius 2 is 1.11 bits per heavy atom. The van der Waals surface area contributed by atoms with Crippen LogP contribution in [0.2, 0.25) is 0 Å². The van der Waals surface area contributed by atoms with E-state index in [2.05, 4.69) is 48.5 Å². The molecule has 62 heavy (non-hydrogen) atoms. The summed E-state index contributed by atoms with van der Waals surface area (Å²) in [6.45, 7) is 17.3. The zero-order chi connectivity index (χ0) is 45.4. The molecule has 8 aliphatic carbocycles. The first-order valence-corrected chi connectivity index (χ1v) is 25.0. The van der Waals surface area contributed by atoms with Crippen molar-refractivity contribution in [2.45, 2.75) is 189 Å². The molecule has 4 unspecified atom stereocenters. The van der Waals surface area contributed by atoms with Crippen LogP contribution in [0, 0.1) is 98.6 Å². The smallest absolute Gasteiger partial charge is 0.303 e. The number of carboxylic acid groups (broad SMARTS) is 2. The molecule has 0 bridgehead atoms. The first-order valence-electron chi connectivity index (χ1n) is 25.0. The lowest BCUT2D eigenvalue weighted by atomic mass is 9.41. The minimum atomic E-state index is -0.769. The Balaban J connectivity index is 0.000000186. The van der Waals surface area contributed by atoms with Crippen molar-refractivity contribution in [2.75, 3.05) is 0 Å². The van der Waals surface area contributed by atoms with Crippen LogP contribution in [-0.2, 0) is 19.2 Å². The predicted molar refractivity (Wildman–Crippen MR) is 236 cm³/mol. The Morgan fingerprint density at radius 1 is 0.645 bits per heavy atom. The molecule has 6 N–H and O–H groups in total. The summed E-state index contributed by atoms with van der Waals surface area (Å²) in [6, 6.07) is 0. The van der Waals surface area contributed by atoms with Crippen LogP contribution < -0.4 is 0 Å². The normalized spacial score (nSPS) is 49.8. The van der Waals surface area contributed by atoms with E-state index in [4.69, 9.17) is 10.2 Å². The van der Waals surface area contributed by atoms with Crippen LogP contribution in [0.4, 0.5) is 0 Å². The summed E-state index contributed by atoms with van der Waals surface area (Å²) in [5.74, 6) is 1.01. The third-order valence-electron chi connectivity index (χ3n) is 21.2. The first kappa shape index (κ1) is 47.8. The number of aliphatic hydroxyl groups is 4. The van der Waals surface area contributed by atoms with Gasteiger partial charge < -0.3 is 30.6 Å². The van der Waals surface area contributed by atoms with E-state index in [1.165, 1.54) is 0 Å². The van der Waals surface area contributed by atoms with E-state index in [1.807, 2.05) is 13.0 Å². The molecular formula is C52H82O10. The lowest BCUT2D eigenvalue weighted by molar-refractivity contribution is -0.192. The third kappa shape index (κ3) is 7.51. The maximum atomic E-state index is 13.9. The van der Waals surface area contributed by atoms with E-state index in [-0.39, 0.29) is 129 Å². The zero-order valence-corrected chi connectivity index (χ0v) is 39.2. The Kier molecular flexibility index (Phi) is 13.6. The SMILES string of the molecule is C/C=C1/C(=O)[C@H]2C3CC[C@H]([C@H](C)CCC(=O)O)[C@@]3(C)[C@@H](O)CC2[C@@]2(C)CC[C@@H](O)C[C@@H]12.CC[C@H]1C(=O)[C@H]2C3CC[C@H]([C@H](C)CCC(=O)O)[C@@]3(C)[C@@H](O)CC2[C@@]2(C)CC[C@@H](O)C[C@@H]12. The number of fused-ring (bicyclic) bond motifs is 10. The molecule has 0 aromatic rings. The fourth-order valence-electron chi connectivity index (χ4n) is 17.8. The number of ketones is 2. The van der Waals surface area contributed by atoms with Gasteiger partial charge in [-0.2, -0.15) is 0 Å². The zero-order valence-electron chi connectivity index (χ0n) is 39.2. The average Bonchev–Trinajstić information content (AvgIpc) is 3.77. The van der Waals surface area contributed by atoms with E-state index < -0.39 is 24.1 Å². The predicted octanol–water partition coefficient (Wildman–Crippen LogP) is 8.51. The van der Waals surface area contributed by atoms with Gasteiger partial charge in [0.15, 0.2) is 5.78 Å². The van der Waals surface area contributed by atoms with Crippen LogP contribution in [0.5, 0.6) is 0 Å². The second kappa shape index (κ2) is 17.6. The van der Waals surface area contributed by atoms with Gasteiger partial charge in [0.25, 0.3) is 0 Å². The van der Waals surface area contributed by atoms with Gasteiger partial charge in [-0.05, 0) is 179 Å². The van der Waals surface area contributed by atoms with Crippen molar-refractivity contribution in [3.05, 3.63) is 11.6 Å². The highest BCUT2D eigenvalue weighted by Gasteiger charge is 2.69. The van der Waals surface area contributed by atoms with Crippen molar-refractivity contribution in [1.29, 1.82) is 0 Å². The van der Waals surface area contributed by atoms with Crippen molar-refractivity contribution in [3.8, 4) is 0 Å². The molecule has 0 saturated heterocycles. The summed E-state index contributed by atoms with van der Waals surface area (Å²) in [6.07, 6.45) is 12.8. The van der Waals surface area contributed by atoms with Gasteiger partial charge in [0, 0.05) is 41.4 Å². The van der Waals surface area contributed by atoms with Crippen molar-refractivity contribution in [1.82, 2.24) is 0 Å². The molecule has 0 spiro atoms. The first-order chi connectivity index (χ1) is 29.1. The third-order valence-corrected chi connectivity index (χ3v) is 21.2. The van der Waals surface area contributed by atoms with E-state index in [0.717, 1.165) is 69.8 Å². The summed E-state index contributed by atoms with van der Waals surface area (Å²) in [5.41, 5.74) is 0.196. The maximum absolute atomic E-state index is 13.9. The molecule has 0 radical (unpaired) electrons. The van der Waals surface area contributed by atoms with Crippen LogP contribution >= 0.6 is 0 Å². The average molecular weight is 867 g/mol. The Labute approximate surface area is 371 Å². The van der Waals surface area contributed by atoms with Crippen LogP contribution in [0.3, 0.4) is 0 Å². The molecule has 0 heterocycles. The number of hydrogen-bond donors (Lipinski definition) is 6. The maximum Gasteiger partial charge on any atom is 0.303 e. The standard InChI is InChI=1S/C26H42O5.C26H40O5/c2*1-5-16-19-12-15(27)10-11-25(19,3)20-13-21(28)26(4)17(14(2)6-9-22(29)30)7-8-18(26)23(20)24(16)31/h14-21,23,27-28H,5-13H2,1-4H3,(H,29,30);5,14-15,17-21,23,27-28H,6-13H2,1-4H3,(H,29,30)/b;16-5+/t14-,15-,16-,17-,18?,19+,20?,21+,23+,25+,26-;14-,15-,17-,18?,19+,20?,21+,23+,25+,26-/m11/s1. The lowest BCUT2D eigenvalue weighted by Crippen LogP contribution is -2.63. The highest BCUT2D eigenvalue weighted by molar-refractivity contribution is 5.99. The number of carbonyl (C=O) groups excluding carboxylic acids is 2. The Bertz CT molecular complexity index is 1740. The van der Waals surface area contributed by atoms with Gasteiger partial charge in [-0.1, -0.05) is 54.5 Å². The number of carbonyl (C=O) groups is 4. The van der Waals surface area contributed by atoms with Crippen molar-refractivity contribution in [2.24, 2.45) is 98.6 Å². The van der Waals surface area contributed by atoms with Gasteiger partial charge in [-0.25, -0.2) is 0 Å². The molecule has 0 aliphatic heterocycles. The van der Waals surface area contributed by atoms with Crippen molar-refractivity contribution in [3.63, 3.8) is 0 Å². The monoisotopic (exact) mass is 867 g/mol. The van der Waals surface area contributed by atoms with Gasteiger partial charge in [-0.15, -0.1) is 0 Å². The molecule has 8 aliphatic rings. The molecule has 8 fully saturated rings. The quantitative estimate of drug-likeness (QED) is 0.123. The van der Waals surface area contributed by atoms with Gasteiger partial charge in [0.2, 0.25) is 0 Å². The van der Waals surface area contributed by atoms with Crippen LogP contribution in [0.1, 0.15) is 165 Å². The van der Waals surface area contributed by atoms with Gasteiger partial charge in [0.1, 0.15) is 5.78 Å². The van der Waals surface area contributed by atoms with E-state index in [1.54, 1.807) is 0 Å². The number of aliphatic hydroxyl groups excluding tert-OH is 4. The molecule has 0 aromatic carbocycles. The number of rotatable bonds is 9. The van der Waals surface area contributed by atoms with Gasteiger partial charge in [-0.3, -0.25) is 19.2 Å². The van der Waals surface area contributed by atoms with E-state index in [9.17, 15) is 39.6 Å². The molecule has 10 heteroatoms. The summed E-state index contributed by atoms with van der Waals surface area (Å²) in [7, 11) is 0. The topological polar surface area (TPSA) is 190 Å². The minimum absolute atomic E-state index is 0.00603. The molecule has 0 amide bonds. The largest absolute Gasteiger partial charge is 0.481 e. The fraction of sp³-hybridized carbons (Fsp3) is 0.885. The Hall–Kier alpha value is -2.14. The number of hydrogen-bond acceptors (Lipinski definition) is 8. The second-order valence-electron chi connectivity index (χ2n) is 23.5. The summed E-state index contributed by atoms with van der Waals surface area (Å²) in [5, 5.41) is 62.1. The van der Waals surface area contributed by atoms with E-state index >= 15 is 0 Å². The number of aliphatic carboxylic acids is 2. The number of Topliss-reactive ketones (excluding diaryl/α,β-unsaturated/α-hetero) is 2. The second-order valence-corrected chi connectivity index (χ2v) is 23.5. The van der Waals surface area contributed by atoms with E-state index in [0.29, 0.717) is 37.9 Å². The minimum Gasteiger partial charge on any atom is -0.481 e. The van der Waals surface area contributed by atoms with Crippen LogP contribution in [0.15, 0.2) is 11.6 Å². The summed E-state index contributed by atoms with van der Waals surface area (Å²) in [4.78, 5) is 50.1. The van der Waals surface area contributed by atoms with Crippen LogP contribution in [0.25, 0.3) is 0 Å². The molecule has 0 aromatic heterocycles. The van der Waals surface area contributed by atoms with Crippen molar-refractivity contribution < 1.29 is 49.8 Å². The molecule has 21 atom stereocenters. The van der Waals surface area contributed by atoms with Gasteiger partial charge in [0.05, 0.1) is 24.4 Å². The molecule has 350 valence electrons. The molecular weight excluding hydrogens is 785 g/mol. The summed E-state index contributed by atoms with van der Waals surface area (Å²) >= 11 is 0. The highest BCUT2D eigenvalue weighted by atomic mass is 16.4. The highest BCUT2D eigenvalue weighted by Crippen LogP contribution is 2.70. The fourth-order valence-corrected chi connectivity index (χ4v) is 17.8. The number of carboxylic acids is 2. The number of allylic oxidation sites excluding steroid dienone is 2. The Morgan fingerprint density at radius 3 is 1.60 bits per heavy atom. The summed E-state index contributed by atoms with van der Waals surface area (Å²) < 4.78 is 0. The molecule has 10 nitrogen and oxygen atoms in total. The van der Waals surface area contributed by atoms with Crippen molar-refractivity contribution >= 4 is 23.5 Å². The lowest BCUT2D eigenvalue weighted by Gasteiger charge is -2.63. The van der Waals surface area contributed by atoms with Gasteiger partial charge >= 0.3 is 11.9 Å². The van der Waals surface area contributed by atoms with Crippen LogP contribution in [-0.4, -0.2) is 78.6 Å². The molecule has 8 saturated carbocycles.